The van der Waals surface area contributed by atoms with Gasteiger partial charge in [0.15, 0.2) is 0 Å². The third-order valence-corrected chi connectivity index (χ3v) is 13.3. The number of nitrogens with zero attached hydrogens (tertiary/aromatic N) is 2. The van der Waals surface area contributed by atoms with Crippen molar-refractivity contribution in [2.75, 3.05) is 31.6 Å². The van der Waals surface area contributed by atoms with Crippen LogP contribution in [0.5, 0.6) is 0 Å². The summed E-state index contributed by atoms with van der Waals surface area (Å²) < 4.78 is 55.9. The first-order chi connectivity index (χ1) is 27.9. The van der Waals surface area contributed by atoms with Crippen LogP contribution in [-0.2, 0) is 51.8 Å². The van der Waals surface area contributed by atoms with Gasteiger partial charge in [-0.05, 0) is 68.2 Å². The van der Waals surface area contributed by atoms with E-state index < -0.39 is 69.3 Å². The molecule has 0 aromatic heterocycles. The van der Waals surface area contributed by atoms with Gasteiger partial charge in [0.05, 0.1) is 25.4 Å². The summed E-state index contributed by atoms with van der Waals surface area (Å²) in [5.41, 5.74) is -0.379. The fourth-order valence-electron chi connectivity index (χ4n) is 8.59. The second-order valence-corrected chi connectivity index (χ2v) is 17.6. The van der Waals surface area contributed by atoms with Crippen LogP contribution in [0.3, 0.4) is 0 Å². The Morgan fingerprint density at radius 3 is 2.59 bits per heavy atom. The lowest BCUT2D eigenvalue weighted by Gasteiger charge is -2.30. The molecule has 17 heteroatoms. The first-order valence-electron chi connectivity index (χ1n) is 20.1. The number of hydrogen-bond donors (Lipinski definition) is 4. The molecule has 0 bridgehead atoms. The highest BCUT2D eigenvalue weighted by atomic mass is 32.2. The molecule has 15 nitrogen and oxygen atoms in total. The predicted molar refractivity (Wildman–Crippen MR) is 209 cm³/mol. The lowest BCUT2D eigenvalue weighted by atomic mass is 10.0. The molecule has 1 saturated heterocycles. The molecule has 7 rings (SSSR count). The summed E-state index contributed by atoms with van der Waals surface area (Å²) in [5, 5.41) is 8.73. The first-order valence-corrected chi connectivity index (χ1v) is 21.6. The summed E-state index contributed by atoms with van der Waals surface area (Å²) in [7, 11) is -4.42. The van der Waals surface area contributed by atoms with Gasteiger partial charge in [-0.2, -0.15) is 0 Å². The van der Waals surface area contributed by atoms with Crippen molar-refractivity contribution >= 4 is 45.4 Å². The van der Waals surface area contributed by atoms with Gasteiger partial charge in [0, 0.05) is 44.0 Å². The number of amides is 5. The monoisotopic (exact) mass is 822 g/mol. The standard InChI is InChI=1S/C41H51FN6O9S/c1-2-28-21-41(28)39(52)46-58(54,55)35-16-7-6-15-32(35)43-17-8-3-9-18-56-25-33(44-36(49)19-26-11-4-5-12-26)38(51)48-23-29(20-34(48)37(50)45-41)57-40(53)47-22-27-13-10-14-31(42)30(27)24-47/h2,6-7,10,13-16,26,28-29,33-34,43H,1,3-5,8-9,11-12,17-25H2,(H,44,49)(H,45,50)(H,46,52)/t28-,29-,33-,34+,41-/m1/s1. The second kappa shape index (κ2) is 17.4. The van der Waals surface area contributed by atoms with E-state index in [0.29, 0.717) is 42.6 Å². The number of sulfonamides is 1. The van der Waals surface area contributed by atoms with Gasteiger partial charge < -0.3 is 30.3 Å². The van der Waals surface area contributed by atoms with E-state index in [9.17, 15) is 36.8 Å². The maximum atomic E-state index is 14.5. The van der Waals surface area contributed by atoms with Crippen LogP contribution in [-0.4, -0.2) is 98.0 Å². The molecule has 3 heterocycles. The average molecular weight is 823 g/mol. The van der Waals surface area contributed by atoms with Gasteiger partial charge in [-0.15, -0.1) is 6.58 Å². The normalized spacial score (nSPS) is 28.0. The van der Waals surface area contributed by atoms with E-state index in [0.717, 1.165) is 25.7 Å². The predicted octanol–water partition coefficient (Wildman–Crippen LogP) is 3.49. The molecule has 0 radical (unpaired) electrons. The maximum absolute atomic E-state index is 14.5. The highest BCUT2D eigenvalue weighted by Gasteiger charge is 2.61. The van der Waals surface area contributed by atoms with Gasteiger partial charge >= 0.3 is 6.09 Å². The summed E-state index contributed by atoms with van der Waals surface area (Å²) in [6, 6.07) is 8.33. The van der Waals surface area contributed by atoms with E-state index in [1.807, 2.05) is 0 Å². The van der Waals surface area contributed by atoms with E-state index >= 15 is 0 Å². The summed E-state index contributed by atoms with van der Waals surface area (Å²) >= 11 is 0. The van der Waals surface area contributed by atoms with Crippen molar-refractivity contribution in [3.05, 3.63) is 72.1 Å². The van der Waals surface area contributed by atoms with Gasteiger partial charge in [-0.1, -0.05) is 43.2 Å². The Labute approximate surface area is 337 Å². The van der Waals surface area contributed by atoms with E-state index in [-0.39, 0.29) is 68.8 Å². The molecule has 5 atom stereocenters. The smallest absolute Gasteiger partial charge is 0.410 e. The highest BCUT2D eigenvalue weighted by molar-refractivity contribution is 7.90. The molecule has 5 aliphatic rings. The number of rotatable bonds is 5. The zero-order valence-corrected chi connectivity index (χ0v) is 33.2. The zero-order valence-electron chi connectivity index (χ0n) is 32.4. The second-order valence-electron chi connectivity index (χ2n) is 16.0. The Balaban J connectivity index is 1.16. The van der Waals surface area contributed by atoms with Crippen LogP contribution < -0.4 is 20.7 Å². The fourth-order valence-corrected chi connectivity index (χ4v) is 9.81. The van der Waals surface area contributed by atoms with E-state index in [2.05, 4.69) is 27.3 Å². The molecule has 2 aromatic carbocycles. The van der Waals surface area contributed by atoms with Crippen molar-refractivity contribution in [2.45, 2.75) is 106 Å². The number of anilines is 1. The average Bonchev–Trinajstić information content (AvgIpc) is 3.59. The van der Waals surface area contributed by atoms with Crippen LogP contribution >= 0.6 is 0 Å². The Morgan fingerprint density at radius 2 is 1.83 bits per heavy atom. The van der Waals surface area contributed by atoms with Gasteiger partial charge in [-0.25, -0.2) is 22.3 Å². The van der Waals surface area contributed by atoms with Crippen molar-refractivity contribution in [1.29, 1.82) is 0 Å². The number of benzene rings is 2. The molecule has 312 valence electrons. The van der Waals surface area contributed by atoms with Crippen LogP contribution in [0.2, 0.25) is 0 Å². The third kappa shape index (κ3) is 8.99. The number of hydrogen-bond acceptors (Lipinski definition) is 10. The Kier molecular flexibility index (Phi) is 12.4. The Bertz CT molecular complexity index is 2040. The number of para-hydroxylation sites is 1. The molecule has 3 aliphatic heterocycles. The SMILES string of the molecule is C=C[C@@H]1C[C@@]12NC(=O)[C@@H]1C[C@@H](OC(=O)N3Cc4cccc(F)c4C3)CN1C(=O)[C@H](NC(=O)CC1CCCC1)COCCCCCNc1ccccc1S(=O)(=O)NC2=O. The van der Waals surface area contributed by atoms with Crippen molar-refractivity contribution < 1.29 is 46.3 Å². The summed E-state index contributed by atoms with van der Waals surface area (Å²) in [5.74, 6) is -3.59. The lowest BCUT2D eigenvalue weighted by Crippen LogP contribution is -2.58. The quantitative estimate of drug-likeness (QED) is 0.325. The van der Waals surface area contributed by atoms with Gasteiger partial charge in [-0.3, -0.25) is 24.1 Å². The highest BCUT2D eigenvalue weighted by Crippen LogP contribution is 2.45. The molecule has 58 heavy (non-hydrogen) atoms. The number of fused-ring (bicyclic) bond motifs is 3. The molecule has 2 aliphatic carbocycles. The molecular formula is C41H51FN6O9S. The molecule has 2 aromatic rings. The maximum Gasteiger partial charge on any atom is 0.410 e. The summed E-state index contributed by atoms with van der Waals surface area (Å²) in [6.07, 6.45) is 5.68. The molecule has 0 unspecified atom stereocenters. The number of carbonyl (C=O) groups excluding carboxylic acids is 5. The van der Waals surface area contributed by atoms with E-state index in [1.54, 1.807) is 30.3 Å². The zero-order chi connectivity index (χ0) is 41.0. The molecular weight excluding hydrogens is 772 g/mol. The summed E-state index contributed by atoms with van der Waals surface area (Å²) in [6.45, 7) is 4.18. The Morgan fingerprint density at radius 1 is 1.03 bits per heavy atom. The number of carbonyl (C=O) groups is 5. The Hall–Kier alpha value is -5.03. The topological polar surface area (TPSA) is 193 Å². The molecule has 2 saturated carbocycles. The van der Waals surface area contributed by atoms with Crippen LogP contribution in [0.15, 0.2) is 60.0 Å². The molecule has 5 amide bonds. The van der Waals surface area contributed by atoms with Crippen molar-refractivity contribution in [1.82, 2.24) is 25.2 Å². The number of ether oxygens (including phenoxy) is 2. The molecule has 3 fully saturated rings. The molecule has 1 spiro atoms. The summed E-state index contributed by atoms with van der Waals surface area (Å²) in [4.78, 5) is 72.1. The lowest BCUT2D eigenvalue weighted by molar-refractivity contribution is -0.143. The van der Waals surface area contributed by atoms with Gasteiger partial charge in [0.1, 0.15) is 34.4 Å². The van der Waals surface area contributed by atoms with Crippen molar-refractivity contribution in [2.24, 2.45) is 11.8 Å². The minimum atomic E-state index is -4.42. The van der Waals surface area contributed by atoms with Gasteiger partial charge in [0.25, 0.3) is 15.9 Å². The van der Waals surface area contributed by atoms with E-state index in [1.165, 1.54) is 28.0 Å². The fraction of sp³-hybridized carbons (Fsp3) is 0.537. The van der Waals surface area contributed by atoms with Crippen LogP contribution in [0.4, 0.5) is 14.9 Å². The van der Waals surface area contributed by atoms with Crippen molar-refractivity contribution in [3.63, 3.8) is 0 Å². The number of halogens is 1. The van der Waals surface area contributed by atoms with Crippen LogP contribution in [0, 0.1) is 17.7 Å². The minimum Gasteiger partial charge on any atom is -0.444 e. The number of nitrogens with one attached hydrogen (secondary N) is 4. The molecule has 4 N–H and O–H groups in total. The van der Waals surface area contributed by atoms with E-state index in [4.69, 9.17) is 9.47 Å². The van der Waals surface area contributed by atoms with Gasteiger partial charge in [0.2, 0.25) is 17.7 Å². The largest absolute Gasteiger partial charge is 0.444 e. The van der Waals surface area contributed by atoms with Crippen molar-refractivity contribution in [3.8, 4) is 0 Å². The van der Waals surface area contributed by atoms with Crippen LogP contribution in [0.1, 0.15) is 75.3 Å². The third-order valence-electron chi connectivity index (χ3n) is 11.9. The first kappa shape index (κ1) is 41.1. The van der Waals surface area contributed by atoms with Crippen LogP contribution in [0.25, 0.3) is 0 Å². The minimum absolute atomic E-state index is 0.0173.